The van der Waals surface area contributed by atoms with Gasteiger partial charge in [0.05, 0.1) is 5.52 Å². The zero-order valence-electron chi connectivity index (χ0n) is 12.3. The molecule has 112 valence electrons. The van der Waals surface area contributed by atoms with Crippen LogP contribution in [-0.4, -0.2) is 9.97 Å². The van der Waals surface area contributed by atoms with Crippen LogP contribution in [0.5, 0.6) is 0 Å². The van der Waals surface area contributed by atoms with E-state index in [-0.39, 0.29) is 5.56 Å². The lowest BCUT2D eigenvalue weighted by Crippen LogP contribution is -2.35. The Morgan fingerprint density at radius 3 is 2.74 bits per heavy atom. The van der Waals surface area contributed by atoms with Gasteiger partial charge in [-0.2, -0.15) is 4.57 Å². The minimum absolute atomic E-state index is 0.0696. The lowest BCUT2D eigenvalue weighted by molar-refractivity contribution is -0.688. The van der Waals surface area contributed by atoms with Crippen molar-refractivity contribution in [1.82, 2.24) is 9.97 Å². The van der Waals surface area contributed by atoms with Crippen LogP contribution in [0.4, 0.5) is 0 Å². The Labute approximate surface area is 136 Å². The van der Waals surface area contributed by atoms with Crippen LogP contribution in [-0.2, 0) is 6.54 Å². The fourth-order valence-electron chi connectivity index (χ4n) is 2.59. The summed E-state index contributed by atoms with van der Waals surface area (Å²) in [5.74, 6) is 0.663. The first-order valence-corrected chi connectivity index (χ1v) is 8.18. The highest BCUT2D eigenvalue weighted by atomic mass is 32.1. The van der Waals surface area contributed by atoms with Gasteiger partial charge in [-0.1, -0.05) is 30.3 Å². The van der Waals surface area contributed by atoms with Crippen LogP contribution in [0.25, 0.3) is 21.3 Å². The molecular formula is C18H14N3OS+. The van der Waals surface area contributed by atoms with Crippen LogP contribution in [0.1, 0.15) is 5.82 Å². The standard InChI is InChI=1S/C18H13N3OS/c22-18-17-15(8-10-23-17)19-16(20-18)12-21-9-4-7-14(11-21)13-5-2-1-3-6-13/h1-11H,12H2/p+1. The Morgan fingerprint density at radius 1 is 1.04 bits per heavy atom. The van der Waals surface area contributed by atoms with Crippen LogP contribution < -0.4 is 10.1 Å². The Balaban J connectivity index is 1.69. The van der Waals surface area contributed by atoms with Gasteiger partial charge in [0.2, 0.25) is 6.54 Å². The minimum atomic E-state index is -0.0696. The molecule has 5 heteroatoms. The van der Waals surface area contributed by atoms with Crippen molar-refractivity contribution in [2.24, 2.45) is 0 Å². The van der Waals surface area contributed by atoms with Gasteiger partial charge in [-0.15, -0.1) is 11.3 Å². The molecule has 3 heterocycles. The van der Waals surface area contributed by atoms with Crippen molar-refractivity contribution in [2.45, 2.75) is 6.54 Å². The van der Waals surface area contributed by atoms with E-state index in [2.05, 4.69) is 34.4 Å². The lowest BCUT2D eigenvalue weighted by atomic mass is 10.1. The van der Waals surface area contributed by atoms with Gasteiger partial charge in [-0.3, -0.25) is 4.79 Å². The van der Waals surface area contributed by atoms with E-state index in [1.807, 2.05) is 46.5 Å². The SMILES string of the molecule is O=c1[nH]c(C[n+]2cccc(-c3ccccc3)c2)nc2ccsc12. The number of H-pyrrole nitrogens is 1. The van der Waals surface area contributed by atoms with E-state index in [1.54, 1.807) is 0 Å². The molecule has 4 aromatic rings. The fraction of sp³-hybridized carbons (Fsp3) is 0.0556. The third-order valence-corrected chi connectivity index (χ3v) is 4.56. The maximum atomic E-state index is 12.0. The number of rotatable bonds is 3. The minimum Gasteiger partial charge on any atom is -0.304 e. The molecule has 0 radical (unpaired) electrons. The van der Waals surface area contributed by atoms with Gasteiger partial charge in [0.15, 0.2) is 18.2 Å². The number of nitrogens with zero attached hydrogens (tertiary/aromatic N) is 2. The summed E-state index contributed by atoms with van der Waals surface area (Å²) >= 11 is 1.42. The molecule has 0 atom stereocenters. The zero-order valence-corrected chi connectivity index (χ0v) is 13.1. The molecule has 4 rings (SSSR count). The van der Waals surface area contributed by atoms with Crippen molar-refractivity contribution in [3.05, 3.63) is 82.5 Å². The first kappa shape index (κ1) is 13.8. The third-order valence-electron chi connectivity index (χ3n) is 3.66. The van der Waals surface area contributed by atoms with Gasteiger partial charge in [0, 0.05) is 11.6 Å². The fourth-order valence-corrected chi connectivity index (χ4v) is 3.32. The zero-order chi connectivity index (χ0) is 15.6. The van der Waals surface area contributed by atoms with Crippen molar-refractivity contribution in [1.29, 1.82) is 0 Å². The van der Waals surface area contributed by atoms with E-state index < -0.39 is 0 Å². The summed E-state index contributed by atoms with van der Waals surface area (Å²) in [6, 6.07) is 16.2. The van der Waals surface area contributed by atoms with Gasteiger partial charge in [0.1, 0.15) is 4.70 Å². The summed E-state index contributed by atoms with van der Waals surface area (Å²) in [5, 5.41) is 1.89. The second-order valence-corrected chi connectivity index (χ2v) is 6.19. The van der Waals surface area contributed by atoms with Crippen molar-refractivity contribution in [2.75, 3.05) is 0 Å². The topological polar surface area (TPSA) is 49.6 Å². The molecule has 0 aliphatic carbocycles. The Morgan fingerprint density at radius 2 is 1.87 bits per heavy atom. The smallest absolute Gasteiger partial charge is 0.269 e. The average Bonchev–Trinajstić information content (AvgIpc) is 3.05. The Bertz CT molecular complexity index is 1020. The Hall–Kier alpha value is -2.79. The van der Waals surface area contributed by atoms with Crippen molar-refractivity contribution in [3.63, 3.8) is 0 Å². The first-order valence-electron chi connectivity index (χ1n) is 7.30. The van der Waals surface area contributed by atoms with Crippen molar-refractivity contribution >= 4 is 21.6 Å². The monoisotopic (exact) mass is 320 g/mol. The molecule has 1 N–H and O–H groups in total. The molecule has 4 nitrogen and oxygen atoms in total. The number of benzene rings is 1. The van der Waals surface area contributed by atoms with E-state index in [0.717, 1.165) is 16.6 Å². The summed E-state index contributed by atoms with van der Waals surface area (Å²) in [6.07, 6.45) is 4.04. The summed E-state index contributed by atoms with van der Waals surface area (Å²) in [6.45, 7) is 0.529. The molecule has 0 spiro atoms. The average molecular weight is 320 g/mol. The molecule has 23 heavy (non-hydrogen) atoms. The van der Waals surface area contributed by atoms with Gasteiger partial charge >= 0.3 is 0 Å². The molecule has 0 aliphatic heterocycles. The highest BCUT2D eigenvalue weighted by Gasteiger charge is 2.10. The molecule has 0 saturated heterocycles. The van der Waals surface area contributed by atoms with E-state index in [9.17, 15) is 4.79 Å². The highest BCUT2D eigenvalue weighted by Crippen LogP contribution is 2.16. The quantitative estimate of drug-likeness (QED) is 0.590. The van der Waals surface area contributed by atoms with Gasteiger partial charge in [0.25, 0.3) is 5.56 Å². The normalized spacial score (nSPS) is 11.0. The number of hydrogen-bond donors (Lipinski definition) is 1. The second kappa shape index (κ2) is 5.78. The van der Waals surface area contributed by atoms with Crippen LogP contribution >= 0.6 is 11.3 Å². The van der Waals surface area contributed by atoms with E-state index in [4.69, 9.17) is 0 Å². The van der Waals surface area contributed by atoms with E-state index >= 15 is 0 Å². The summed E-state index contributed by atoms with van der Waals surface area (Å²) < 4.78 is 2.70. The molecule has 1 aromatic carbocycles. The van der Waals surface area contributed by atoms with E-state index in [0.29, 0.717) is 17.1 Å². The number of hydrogen-bond acceptors (Lipinski definition) is 3. The number of fused-ring (bicyclic) bond motifs is 1. The predicted molar refractivity (Wildman–Crippen MR) is 91.4 cm³/mol. The maximum Gasteiger partial charge on any atom is 0.269 e. The summed E-state index contributed by atoms with van der Waals surface area (Å²) in [7, 11) is 0. The number of thiophene rings is 1. The Kier molecular flexibility index (Phi) is 3.48. The molecular weight excluding hydrogens is 306 g/mol. The molecule has 3 aromatic heterocycles. The third kappa shape index (κ3) is 2.78. The molecule has 0 aliphatic rings. The molecule has 0 unspecified atom stereocenters. The van der Waals surface area contributed by atoms with Crippen molar-refractivity contribution < 1.29 is 4.57 Å². The van der Waals surface area contributed by atoms with Gasteiger partial charge in [-0.05, 0) is 23.1 Å². The molecule has 0 fully saturated rings. The molecule has 0 saturated carbocycles. The number of pyridine rings is 1. The van der Waals surface area contributed by atoms with Gasteiger partial charge < -0.3 is 4.98 Å². The van der Waals surface area contributed by atoms with Crippen LogP contribution in [0, 0.1) is 0 Å². The maximum absolute atomic E-state index is 12.0. The molecule has 0 amide bonds. The van der Waals surface area contributed by atoms with E-state index in [1.165, 1.54) is 11.3 Å². The first-order chi connectivity index (χ1) is 11.3. The number of aromatic amines is 1. The number of aromatic nitrogens is 3. The van der Waals surface area contributed by atoms with Crippen molar-refractivity contribution in [3.8, 4) is 11.1 Å². The van der Waals surface area contributed by atoms with Crippen LogP contribution in [0.3, 0.4) is 0 Å². The second-order valence-electron chi connectivity index (χ2n) is 5.28. The van der Waals surface area contributed by atoms with Crippen LogP contribution in [0.2, 0.25) is 0 Å². The summed E-state index contributed by atoms with van der Waals surface area (Å²) in [4.78, 5) is 19.4. The summed E-state index contributed by atoms with van der Waals surface area (Å²) in [5.41, 5.74) is 2.98. The largest absolute Gasteiger partial charge is 0.304 e. The lowest BCUT2D eigenvalue weighted by Gasteiger charge is -2.02. The predicted octanol–water partition coefficient (Wildman–Crippen LogP) is 2.99. The number of nitrogens with one attached hydrogen (secondary N) is 1. The highest BCUT2D eigenvalue weighted by molar-refractivity contribution is 7.17. The molecule has 0 bridgehead atoms. The van der Waals surface area contributed by atoms with Gasteiger partial charge in [-0.25, -0.2) is 4.98 Å². The van der Waals surface area contributed by atoms with Crippen LogP contribution in [0.15, 0.2) is 71.1 Å².